The minimum absolute atomic E-state index is 0.150. The Morgan fingerprint density at radius 1 is 1.06 bits per heavy atom. The number of furan rings is 1. The highest BCUT2D eigenvalue weighted by atomic mass is 32.1. The molecule has 0 bridgehead atoms. The number of esters is 1. The fourth-order valence-electron chi connectivity index (χ4n) is 3.90. The second-order valence-electron chi connectivity index (χ2n) is 7.88. The molecule has 0 atom stereocenters. The third kappa shape index (κ3) is 4.32. The fraction of sp³-hybridized carbons (Fsp3) is 0.231. The zero-order chi connectivity index (χ0) is 22.8. The predicted molar refractivity (Wildman–Crippen MR) is 128 cm³/mol. The molecule has 0 saturated heterocycles. The molecule has 1 N–H and O–H groups in total. The molecular weight excluding hydrogens is 422 g/mol. The van der Waals surface area contributed by atoms with E-state index in [1.165, 1.54) is 11.3 Å². The first-order valence-corrected chi connectivity index (χ1v) is 11.4. The molecule has 32 heavy (non-hydrogen) atoms. The van der Waals surface area contributed by atoms with Gasteiger partial charge in [0.25, 0.3) is 0 Å². The number of carbonyl (C=O) groups excluding carboxylic acids is 2. The molecule has 2 aromatic heterocycles. The van der Waals surface area contributed by atoms with Crippen LogP contribution in [0.25, 0.3) is 22.1 Å². The number of ether oxygens (including phenoxy) is 1. The van der Waals surface area contributed by atoms with Gasteiger partial charge < -0.3 is 14.5 Å². The van der Waals surface area contributed by atoms with Gasteiger partial charge in [-0.2, -0.15) is 0 Å². The van der Waals surface area contributed by atoms with Crippen molar-refractivity contribution in [3.63, 3.8) is 0 Å². The molecule has 5 nitrogen and oxygen atoms in total. The summed E-state index contributed by atoms with van der Waals surface area (Å²) in [5.41, 5.74) is 6.96. The van der Waals surface area contributed by atoms with Gasteiger partial charge in [-0.25, -0.2) is 4.79 Å². The number of amides is 1. The van der Waals surface area contributed by atoms with Crippen molar-refractivity contribution in [2.45, 2.75) is 34.1 Å². The molecule has 6 heteroatoms. The highest BCUT2D eigenvalue weighted by Gasteiger charge is 2.23. The molecule has 164 valence electrons. The van der Waals surface area contributed by atoms with Crippen LogP contribution in [0.3, 0.4) is 0 Å². The molecule has 0 saturated carbocycles. The van der Waals surface area contributed by atoms with Gasteiger partial charge >= 0.3 is 5.97 Å². The number of carbonyl (C=O) groups is 2. The summed E-state index contributed by atoms with van der Waals surface area (Å²) in [5, 5.41) is 6.26. The van der Waals surface area contributed by atoms with Crippen molar-refractivity contribution >= 4 is 39.2 Å². The van der Waals surface area contributed by atoms with Crippen molar-refractivity contribution in [1.29, 1.82) is 0 Å². The van der Waals surface area contributed by atoms with Crippen LogP contribution in [0, 0.1) is 20.8 Å². The van der Waals surface area contributed by atoms with Gasteiger partial charge in [0.1, 0.15) is 16.1 Å². The molecule has 2 heterocycles. The quantitative estimate of drug-likeness (QED) is 0.345. The maximum atomic E-state index is 12.9. The zero-order valence-electron chi connectivity index (χ0n) is 18.6. The van der Waals surface area contributed by atoms with Crippen LogP contribution in [0.2, 0.25) is 0 Å². The maximum absolute atomic E-state index is 12.9. The van der Waals surface area contributed by atoms with E-state index in [2.05, 4.69) is 11.4 Å². The fourth-order valence-corrected chi connectivity index (χ4v) is 4.88. The number of nitrogens with one attached hydrogen (secondary N) is 1. The minimum atomic E-state index is -0.445. The van der Waals surface area contributed by atoms with Gasteiger partial charge in [-0.15, -0.1) is 11.3 Å². The van der Waals surface area contributed by atoms with Crippen molar-refractivity contribution in [3.05, 3.63) is 75.9 Å². The number of benzene rings is 2. The summed E-state index contributed by atoms with van der Waals surface area (Å²) >= 11 is 1.32. The Balaban J connectivity index is 1.63. The third-order valence-corrected chi connectivity index (χ3v) is 6.23. The number of anilines is 1. The van der Waals surface area contributed by atoms with Crippen LogP contribution < -0.4 is 5.32 Å². The van der Waals surface area contributed by atoms with Crippen LogP contribution in [-0.4, -0.2) is 18.5 Å². The van der Waals surface area contributed by atoms with Crippen LogP contribution >= 0.6 is 11.3 Å². The van der Waals surface area contributed by atoms with Gasteiger partial charge in [-0.3, -0.25) is 4.79 Å². The Bertz CT molecular complexity index is 1300. The highest BCUT2D eigenvalue weighted by Crippen LogP contribution is 2.36. The monoisotopic (exact) mass is 447 g/mol. The van der Waals surface area contributed by atoms with Gasteiger partial charge in [0, 0.05) is 21.9 Å². The second-order valence-corrected chi connectivity index (χ2v) is 8.76. The number of rotatable bonds is 6. The van der Waals surface area contributed by atoms with Crippen molar-refractivity contribution < 1.29 is 18.7 Å². The van der Waals surface area contributed by atoms with Gasteiger partial charge in [0.15, 0.2) is 0 Å². The van der Waals surface area contributed by atoms with Crippen molar-refractivity contribution in [2.24, 2.45) is 0 Å². The molecule has 0 radical (unpaired) electrons. The lowest BCUT2D eigenvalue weighted by atomic mass is 10.0. The lowest BCUT2D eigenvalue weighted by Crippen LogP contribution is -2.16. The summed E-state index contributed by atoms with van der Waals surface area (Å²) in [5.74, 6) is -0.657. The van der Waals surface area contributed by atoms with Crippen LogP contribution in [0.15, 0.2) is 52.5 Å². The Labute approximate surface area is 191 Å². The number of fused-ring (bicyclic) bond motifs is 1. The van der Waals surface area contributed by atoms with Crippen LogP contribution in [-0.2, 0) is 16.0 Å². The topological polar surface area (TPSA) is 68.5 Å². The molecule has 4 aromatic rings. The van der Waals surface area contributed by atoms with Crippen molar-refractivity contribution in [2.75, 3.05) is 11.9 Å². The third-order valence-electron chi connectivity index (χ3n) is 5.33. The van der Waals surface area contributed by atoms with Gasteiger partial charge in [0.2, 0.25) is 5.91 Å². The smallest absolute Gasteiger partial charge is 0.341 e. The van der Waals surface area contributed by atoms with E-state index in [4.69, 9.17) is 9.15 Å². The summed E-state index contributed by atoms with van der Waals surface area (Å²) < 4.78 is 11.0. The minimum Gasteiger partial charge on any atom is -0.464 e. The van der Waals surface area contributed by atoms with E-state index in [9.17, 15) is 9.59 Å². The Hall–Kier alpha value is -3.38. The summed E-state index contributed by atoms with van der Waals surface area (Å²) in [6.07, 6.45) is 1.78. The van der Waals surface area contributed by atoms with E-state index in [1.807, 2.05) is 56.5 Å². The highest BCUT2D eigenvalue weighted by molar-refractivity contribution is 7.15. The van der Waals surface area contributed by atoms with Crippen LogP contribution in [0.4, 0.5) is 5.00 Å². The summed E-state index contributed by atoms with van der Waals surface area (Å²) in [7, 11) is 0. The van der Waals surface area contributed by atoms with Crippen LogP contribution in [0.1, 0.15) is 39.5 Å². The van der Waals surface area contributed by atoms with Crippen molar-refractivity contribution in [3.8, 4) is 11.1 Å². The molecule has 0 spiro atoms. The number of aryl methyl sites for hydroxylation is 3. The van der Waals surface area contributed by atoms with E-state index in [1.54, 1.807) is 13.2 Å². The average Bonchev–Trinajstić information content (AvgIpc) is 3.33. The molecule has 0 fully saturated rings. The number of hydrogen-bond acceptors (Lipinski definition) is 5. The molecule has 2 aromatic carbocycles. The number of thiophene rings is 1. The van der Waals surface area contributed by atoms with Gasteiger partial charge in [-0.05, 0) is 50.5 Å². The zero-order valence-corrected chi connectivity index (χ0v) is 19.4. The largest absolute Gasteiger partial charge is 0.464 e. The van der Waals surface area contributed by atoms with E-state index in [0.717, 1.165) is 44.3 Å². The summed E-state index contributed by atoms with van der Waals surface area (Å²) in [4.78, 5) is 25.7. The molecule has 0 aliphatic rings. The predicted octanol–water partition coefficient (Wildman–Crippen LogP) is 6.44. The Morgan fingerprint density at radius 2 is 1.81 bits per heavy atom. The molecule has 0 aliphatic carbocycles. The first-order valence-electron chi connectivity index (χ1n) is 10.5. The molecule has 0 unspecified atom stereocenters. The normalized spacial score (nSPS) is 11.0. The molecular formula is C26H25NO4S. The van der Waals surface area contributed by atoms with E-state index < -0.39 is 5.97 Å². The second kappa shape index (κ2) is 9.01. The Kier molecular flexibility index (Phi) is 6.15. The first-order chi connectivity index (χ1) is 15.4. The number of hydrogen-bond donors (Lipinski definition) is 1. The summed E-state index contributed by atoms with van der Waals surface area (Å²) in [6.45, 7) is 8.06. The first kappa shape index (κ1) is 21.8. The molecule has 0 aliphatic heterocycles. The average molecular weight is 448 g/mol. The lowest BCUT2D eigenvalue weighted by Gasteiger charge is -2.09. The molecule has 1 amide bonds. The SMILES string of the molecule is CCOC(=O)c1c(-c2ccc(C)cc2)csc1NC(=O)Cc1coc2cc(C)cc(C)c12. The Morgan fingerprint density at radius 3 is 2.53 bits per heavy atom. The molecule has 4 rings (SSSR count). The van der Waals surface area contributed by atoms with Crippen LogP contribution in [0.5, 0.6) is 0 Å². The maximum Gasteiger partial charge on any atom is 0.341 e. The standard InChI is InChI=1S/C26H25NO4S/c1-5-30-26(29)24-20(18-8-6-15(2)7-9-18)14-32-25(24)27-22(28)12-19-13-31-21-11-16(3)10-17(4)23(19)21/h6-11,13-14H,5,12H2,1-4H3,(H,27,28). The van der Waals surface area contributed by atoms with Gasteiger partial charge in [0.05, 0.1) is 19.3 Å². The van der Waals surface area contributed by atoms with Crippen molar-refractivity contribution in [1.82, 2.24) is 0 Å². The van der Waals surface area contributed by atoms with Gasteiger partial charge in [-0.1, -0.05) is 35.9 Å². The van der Waals surface area contributed by atoms with E-state index in [-0.39, 0.29) is 18.9 Å². The van der Waals surface area contributed by atoms with E-state index >= 15 is 0 Å². The lowest BCUT2D eigenvalue weighted by molar-refractivity contribution is -0.115. The summed E-state index contributed by atoms with van der Waals surface area (Å²) in [6, 6.07) is 12.0. The van der Waals surface area contributed by atoms with E-state index in [0.29, 0.717) is 10.6 Å².